The molecule has 1 saturated carbocycles. The number of carbonyl (C=O) groups is 2. The van der Waals surface area contributed by atoms with Crippen molar-refractivity contribution in [1.82, 2.24) is 5.32 Å². The molecule has 1 aliphatic carbocycles. The van der Waals surface area contributed by atoms with Crippen LogP contribution in [0.15, 0.2) is 24.3 Å². The molecule has 23 heavy (non-hydrogen) atoms. The van der Waals surface area contributed by atoms with Crippen molar-refractivity contribution in [1.29, 1.82) is 0 Å². The first-order valence-corrected chi connectivity index (χ1v) is 8.55. The lowest BCUT2D eigenvalue weighted by atomic mass is 9.98. The van der Waals surface area contributed by atoms with Gasteiger partial charge in [0.1, 0.15) is 0 Å². The highest BCUT2D eigenvalue weighted by Crippen LogP contribution is 2.27. The lowest BCUT2D eigenvalue weighted by Crippen LogP contribution is -2.51. The molecule has 2 aliphatic rings. The van der Waals surface area contributed by atoms with Crippen LogP contribution in [0.2, 0.25) is 0 Å². The van der Waals surface area contributed by atoms with Gasteiger partial charge in [0.25, 0.3) is 0 Å². The van der Waals surface area contributed by atoms with Crippen molar-refractivity contribution in [2.24, 2.45) is 5.73 Å². The van der Waals surface area contributed by atoms with Gasteiger partial charge in [0.2, 0.25) is 11.8 Å². The molecule has 124 valence electrons. The number of hydrogen-bond acceptors (Lipinski definition) is 3. The molecule has 2 amide bonds. The minimum atomic E-state index is -0.680. The summed E-state index contributed by atoms with van der Waals surface area (Å²) in [6.45, 7) is 1.27. The van der Waals surface area contributed by atoms with Gasteiger partial charge in [-0.25, -0.2) is 0 Å². The minimum absolute atomic E-state index is 0.0507. The van der Waals surface area contributed by atoms with Gasteiger partial charge in [0, 0.05) is 25.2 Å². The zero-order valence-corrected chi connectivity index (χ0v) is 13.5. The Balaban J connectivity index is 1.57. The van der Waals surface area contributed by atoms with Crippen LogP contribution in [-0.2, 0) is 16.1 Å². The Morgan fingerprint density at radius 1 is 1.13 bits per heavy atom. The van der Waals surface area contributed by atoms with Crippen LogP contribution >= 0.6 is 0 Å². The van der Waals surface area contributed by atoms with E-state index in [1.807, 2.05) is 29.2 Å². The monoisotopic (exact) mass is 315 g/mol. The van der Waals surface area contributed by atoms with Crippen molar-refractivity contribution in [3.8, 4) is 0 Å². The maximum Gasteiger partial charge on any atom is 0.240 e. The molecule has 5 nitrogen and oxygen atoms in total. The van der Waals surface area contributed by atoms with Crippen molar-refractivity contribution < 1.29 is 9.59 Å². The largest absolute Gasteiger partial charge is 0.350 e. The molecule has 1 heterocycles. The predicted octanol–water partition coefficient (Wildman–Crippen LogP) is 2.09. The number of anilines is 1. The summed E-state index contributed by atoms with van der Waals surface area (Å²) in [4.78, 5) is 26.0. The van der Waals surface area contributed by atoms with Crippen molar-refractivity contribution in [3.05, 3.63) is 29.8 Å². The number of piperidine rings is 1. The zero-order valence-electron chi connectivity index (χ0n) is 13.5. The maximum atomic E-state index is 12.2. The molecule has 0 radical (unpaired) electrons. The number of rotatable bonds is 4. The van der Waals surface area contributed by atoms with Crippen LogP contribution in [0.1, 0.15) is 50.5 Å². The van der Waals surface area contributed by atoms with E-state index in [-0.39, 0.29) is 11.8 Å². The van der Waals surface area contributed by atoms with Crippen LogP contribution in [0.3, 0.4) is 0 Å². The molecule has 2 fully saturated rings. The topological polar surface area (TPSA) is 75.4 Å². The van der Waals surface area contributed by atoms with Crippen molar-refractivity contribution in [3.63, 3.8) is 0 Å². The van der Waals surface area contributed by atoms with E-state index in [0.717, 1.165) is 56.3 Å². The molecule has 3 rings (SSSR count). The van der Waals surface area contributed by atoms with E-state index in [1.165, 1.54) is 0 Å². The summed E-state index contributed by atoms with van der Waals surface area (Å²) in [5.74, 6) is 0.147. The lowest BCUT2D eigenvalue weighted by molar-refractivity contribution is -0.126. The van der Waals surface area contributed by atoms with Crippen molar-refractivity contribution in [2.45, 2.75) is 57.0 Å². The number of amides is 2. The van der Waals surface area contributed by atoms with Crippen LogP contribution in [0.4, 0.5) is 5.69 Å². The van der Waals surface area contributed by atoms with E-state index in [9.17, 15) is 9.59 Å². The Morgan fingerprint density at radius 3 is 2.48 bits per heavy atom. The maximum absolute atomic E-state index is 12.2. The third-order valence-corrected chi connectivity index (χ3v) is 4.97. The van der Waals surface area contributed by atoms with Crippen LogP contribution < -0.4 is 16.0 Å². The molecule has 0 bridgehead atoms. The van der Waals surface area contributed by atoms with E-state index < -0.39 is 5.54 Å². The van der Waals surface area contributed by atoms with E-state index >= 15 is 0 Å². The second-order valence-corrected chi connectivity index (χ2v) is 6.71. The fraction of sp³-hybridized carbons (Fsp3) is 0.556. The Bertz CT molecular complexity index is 576. The zero-order chi connectivity index (χ0) is 16.3. The number of hydrogen-bond donors (Lipinski definition) is 2. The second-order valence-electron chi connectivity index (χ2n) is 6.71. The molecule has 0 atom stereocenters. The van der Waals surface area contributed by atoms with Gasteiger partial charge in [-0.1, -0.05) is 25.0 Å². The molecule has 5 heteroatoms. The van der Waals surface area contributed by atoms with Crippen LogP contribution in [0.5, 0.6) is 0 Å². The Labute approximate surface area is 137 Å². The van der Waals surface area contributed by atoms with Gasteiger partial charge in [-0.2, -0.15) is 0 Å². The highest BCUT2D eigenvalue weighted by atomic mass is 16.2. The molecule has 0 spiro atoms. The molecule has 0 unspecified atom stereocenters. The summed E-state index contributed by atoms with van der Waals surface area (Å²) < 4.78 is 0. The third kappa shape index (κ3) is 3.55. The summed E-state index contributed by atoms with van der Waals surface area (Å²) in [6, 6.07) is 7.85. The Morgan fingerprint density at radius 2 is 1.83 bits per heavy atom. The average Bonchev–Trinajstić information content (AvgIpc) is 3.02. The summed E-state index contributed by atoms with van der Waals surface area (Å²) in [6.07, 6.45) is 6.29. The number of nitrogens with zero attached hydrogens (tertiary/aromatic N) is 1. The van der Waals surface area contributed by atoms with E-state index in [0.29, 0.717) is 13.0 Å². The Kier molecular flexibility index (Phi) is 4.66. The van der Waals surface area contributed by atoms with Crippen LogP contribution in [-0.4, -0.2) is 23.9 Å². The number of nitrogens with two attached hydrogens (primary N) is 1. The standard InChI is InChI=1S/C18H25N3O2/c19-18(10-2-3-11-18)17(23)20-13-14-6-8-15(9-7-14)21-12-4-1-5-16(21)22/h6-9H,1-5,10-13,19H2,(H,20,23). The van der Waals surface area contributed by atoms with Gasteiger partial charge in [-0.05, 0) is 43.4 Å². The molecule has 1 aromatic carbocycles. The number of benzene rings is 1. The first-order valence-electron chi connectivity index (χ1n) is 8.55. The molecule has 1 saturated heterocycles. The van der Waals surface area contributed by atoms with Crippen LogP contribution in [0, 0.1) is 0 Å². The molecule has 3 N–H and O–H groups in total. The smallest absolute Gasteiger partial charge is 0.240 e. The lowest BCUT2D eigenvalue weighted by Gasteiger charge is -2.27. The summed E-state index contributed by atoms with van der Waals surface area (Å²) >= 11 is 0. The minimum Gasteiger partial charge on any atom is -0.350 e. The SMILES string of the molecule is NC1(C(=O)NCc2ccc(N3CCCCC3=O)cc2)CCCC1. The fourth-order valence-corrected chi connectivity index (χ4v) is 3.46. The van der Waals surface area contributed by atoms with Gasteiger partial charge in [-0.3, -0.25) is 9.59 Å². The van der Waals surface area contributed by atoms with Gasteiger partial charge in [0.15, 0.2) is 0 Å². The van der Waals surface area contributed by atoms with E-state index in [1.54, 1.807) is 0 Å². The summed E-state index contributed by atoms with van der Waals surface area (Å²) in [5, 5.41) is 2.94. The quantitative estimate of drug-likeness (QED) is 0.893. The van der Waals surface area contributed by atoms with Gasteiger partial charge < -0.3 is 16.0 Å². The van der Waals surface area contributed by atoms with E-state index in [2.05, 4.69) is 5.32 Å². The molecule has 1 aliphatic heterocycles. The average molecular weight is 315 g/mol. The van der Waals surface area contributed by atoms with Gasteiger partial charge in [0.05, 0.1) is 5.54 Å². The number of carbonyl (C=O) groups excluding carboxylic acids is 2. The van der Waals surface area contributed by atoms with Crippen molar-refractivity contribution >= 4 is 17.5 Å². The highest BCUT2D eigenvalue weighted by Gasteiger charge is 2.36. The van der Waals surface area contributed by atoms with Crippen LogP contribution in [0.25, 0.3) is 0 Å². The third-order valence-electron chi connectivity index (χ3n) is 4.97. The Hall–Kier alpha value is -1.88. The van der Waals surface area contributed by atoms with Gasteiger partial charge >= 0.3 is 0 Å². The van der Waals surface area contributed by atoms with E-state index in [4.69, 9.17) is 5.73 Å². The molecular formula is C18H25N3O2. The summed E-state index contributed by atoms with van der Waals surface area (Å²) in [5.41, 5.74) is 7.43. The molecule has 1 aromatic rings. The first kappa shape index (κ1) is 16.0. The highest BCUT2D eigenvalue weighted by molar-refractivity contribution is 5.94. The van der Waals surface area contributed by atoms with Crippen molar-refractivity contribution in [2.75, 3.05) is 11.4 Å². The fourth-order valence-electron chi connectivity index (χ4n) is 3.46. The second kappa shape index (κ2) is 6.71. The normalized spacial score (nSPS) is 20.6. The molecule has 0 aromatic heterocycles. The number of nitrogens with one attached hydrogen (secondary N) is 1. The molecular weight excluding hydrogens is 290 g/mol. The first-order chi connectivity index (χ1) is 11.1. The van der Waals surface area contributed by atoms with Gasteiger partial charge in [-0.15, -0.1) is 0 Å². The summed E-state index contributed by atoms with van der Waals surface area (Å²) in [7, 11) is 0. The predicted molar refractivity (Wildman–Crippen MR) is 89.9 cm³/mol.